The maximum absolute atomic E-state index is 13.2. The topological polar surface area (TPSA) is 56.6 Å². The number of benzene rings is 2. The van der Waals surface area contributed by atoms with Gasteiger partial charge in [0.05, 0.1) is 18.6 Å². The molecule has 1 heterocycles. The van der Waals surface area contributed by atoms with Crippen molar-refractivity contribution in [2.45, 2.75) is 24.3 Å². The molecule has 150 valence electrons. The number of hydrogen-bond acceptors (Lipinski definition) is 4. The molecular weight excluding hydrogens is 386 g/mol. The molecule has 1 unspecified atom stereocenters. The first-order valence-electron chi connectivity index (χ1n) is 9.90. The Kier molecular flexibility index (Phi) is 5.49. The molecular formula is C23H24ClN3O2. The van der Waals surface area contributed by atoms with Crippen LogP contribution in [0.3, 0.4) is 0 Å². The first-order valence-corrected chi connectivity index (χ1v) is 10.3. The number of piperazine rings is 1. The second kappa shape index (κ2) is 8.06. The Labute approximate surface area is 176 Å². The Morgan fingerprint density at radius 2 is 1.69 bits per heavy atom. The summed E-state index contributed by atoms with van der Waals surface area (Å²) in [6, 6.07) is 17.4. The fourth-order valence-corrected chi connectivity index (χ4v) is 4.29. The third-order valence-corrected chi connectivity index (χ3v) is 6.33. The highest BCUT2D eigenvalue weighted by Crippen LogP contribution is 2.50. The molecule has 29 heavy (non-hydrogen) atoms. The van der Waals surface area contributed by atoms with Crippen LogP contribution in [-0.4, -0.2) is 49.0 Å². The van der Waals surface area contributed by atoms with E-state index in [0.29, 0.717) is 31.2 Å². The molecule has 2 fully saturated rings. The van der Waals surface area contributed by atoms with Gasteiger partial charge in [-0.2, -0.15) is 5.26 Å². The van der Waals surface area contributed by atoms with Crippen LogP contribution < -0.4 is 4.74 Å². The lowest BCUT2D eigenvalue weighted by atomic mass is 9.94. The molecule has 6 heteroatoms. The van der Waals surface area contributed by atoms with Crippen LogP contribution in [0.25, 0.3) is 0 Å². The molecule has 0 bridgehead atoms. The van der Waals surface area contributed by atoms with E-state index in [0.717, 1.165) is 29.7 Å². The van der Waals surface area contributed by atoms with Crippen molar-refractivity contribution in [2.75, 3.05) is 33.3 Å². The van der Waals surface area contributed by atoms with E-state index in [4.69, 9.17) is 16.3 Å². The largest absolute Gasteiger partial charge is 0.497 e. The first-order chi connectivity index (χ1) is 14.1. The lowest BCUT2D eigenvalue weighted by Crippen LogP contribution is -2.52. The Bertz CT molecular complexity index is 909. The molecule has 0 aromatic heterocycles. The van der Waals surface area contributed by atoms with Crippen molar-refractivity contribution < 1.29 is 9.53 Å². The van der Waals surface area contributed by atoms with E-state index >= 15 is 0 Å². The monoisotopic (exact) mass is 409 g/mol. The smallest absolute Gasteiger partial charge is 0.233 e. The molecule has 0 radical (unpaired) electrons. The van der Waals surface area contributed by atoms with E-state index in [9.17, 15) is 10.1 Å². The SMILES string of the molecule is COc1ccc(C(C#N)N2CCN(C(=O)C3(c4ccc(Cl)cc4)CC3)CC2)cc1. The first kappa shape index (κ1) is 19.8. The van der Waals surface area contributed by atoms with Gasteiger partial charge in [0.15, 0.2) is 0 Å². The standard InChI is InChI=1S/C23H24ClN3O2/c1-29-20-8-2-17(3-9-20)21(16-25)26-12-14-27(15-13-26)22(28)23(10-11-23)18-4-6-19(24)7-5-18/h2-9,21H,10-15H2,1H3. The van der Waals surface area contributed by atoms with Gasteiger partial charge in [0.25, 0.3) is 0 Å². The summed E-state index contributed by atoms with van der Waals surface area (Å²) in [6.07, 6.45) is 1.78. The predicted molar refractivity (Wildman–Crippen MR) is 112 cm³/mol. The lowest BCUT2D eigenvalue weighted by Gasteiger charge is -2.38. The van der Waals surface area contributed by atoms with E-state index < -0.39 is 0 Å². The van der Waals surface area contributed by atoms with Gasteiger partial charge in [0.2, 0.25) is 5.91 Å². The number of halogens is 1. The van der Waals surface area contributed by atoms with Crippen molar-refractivity contribution >= 4 is 17.5 Å². The van der Waals surface area contributed by atoms with Crippen molar-refractivity contribution in [3.05, 3.63) is 64.7 Å². The predicted octanol–water partition coefficient (Wildman–Crippen LogP) is 3.79. The summed E-state index contributed by atoms with van der Waals surface area (Å²) in [7, 11) is 1.63. The number of carbonyl (C=O) groups excluding carboxylic acids is 1. The molecule has 2 aliphatic rings. The van der Waals surface area contributed by atoms with Crippen molar-refractivity contribution in [3.63, 3.8) is 0 Å². The Morgan fingerprint density at radius 1 is 1.07 bits per heavy atom. The minimum atomic E-state index is -0.378. The van der Waals surface area contributed by atoms with Crippen LogP contribution in [0.5, 0.6) is 5.75 Å². The van der Waals surface area contributed by atoms with Crippen molar-refractivity contribution in [1.82, 2.24) is 9.80 Å². The zero-order valence-corrected chi connectivity index (χ0v) is 17.2. The molecule has 0 N–H and O–H groups in total. The molecule has 2 aromatic rings. The number of ether oxygens (including phenoxy) is 1. The molecule has 1 aliphatic heterocycles. The van der Waals surface area contributed by atoms with Gasteiger partial charge in [-0.1, -0.05) is 35.9 Å². The molecule has 1 saturated heterocycles. The van der Waals surface area contributed by atoms with E-state index in [1.165, 1.54) is 0 Å². The number of hydrogen-bond donors (Lipinski definition) is 0. The normalized spacial score (nSPS) is 19.3. The zero-order chi connectivity index (χ0) is 20.4. The van der Waals surface area contributed by atoms with Crippen LogP contribution in [0.2, 0.25) is 5.02 Å². The molecule has 0 spiro atoms. The summed E-state index contributed by atoms with van der Waals surface area (Å²) >= 11 is 6.00. The van der Waals surface area contributed by atoms with Crippen molar-refractivity contribution in [3.8, 4) is 11.8 Å². The van der Waals surface area contributed by atoms with Crippen molar-refractivity contribution in [2.24, 2.45) is 0 Å². The minimum absolute atomic E-state index is 0.206. The fraction of sp³-hybridized carbons (Fsp3) is 0.391. The van der Waals surface area contributed by atoms with Gasteiger partial charge in [-0.3, -0.25) is 9.69 Å². The van der Waals surface area contributed by atoms with Gasteiger partial charge in [0.1, 0.15) is 11.8 Å². The van der Waals surface area contributed by atoms with Gasteiger partial charge in [-0.25, -0.2) is 0 Å². The number of amides is 1. The maximum Gasteiger partial charge on any atom is 0.233 e. The number of nitrogens with zero attached hydrogens (tertiary/aromatic N) is 3. The summed E-state index contributed by atoms with van der Waals surface area (Å²) in [5.41, 5.74) is 1.63. The highest BCUT2D eigenvalue weighted by Gasteiger charge is 2.53. The van der Waals surface area contributed by atoms with Gasteiger partial charge in [-0.15, -0.1) is 0 Å². The molecule has 5 nitrogen and oxygen atoms in total. The summed E-state index contributed by atoms with van der Waals surface area (Å²) in [4.78, 5) is 17.4. The molecule has 1 atom stereocenters. The number of nitriles is 1. The molecule has 2 aromatic carbocycles. The summed E-state index contributed by atoms with van der Waals surface area (Å²) in [6.45, 7) is 2.66. The third-order valence-electron chi connectivity index (χ3n) is 6.08. The van der Waals surface area contributed by atoms with Crippen LogP contribution in [0.15, 0.2) is 48.5 Å². The quantitative estimate of drug-likeness (QED) is 0.753. The molecule has 4 rings (SSSR count). The van der Waals surface area contributed by atoms with Gasteiger partial charge < -0.3 is 9.64 Å². The maximum atomic E-state index is 13.2. The lowest BCUT2D eigenvalue weighted by molar-refractivity contribution is -0.136. The van der Waals surface area contributed by atoms with E-state index in [-0.39, 0.29) is 17.4 Å². The zero-order valence-electron chi connectivity index (χ0n) is 16.5. The second-order valence-corrected chi connectivity index (χ2v) is 8.16. The highest BCUT2D eigenvalue weighted by molar-refractivity contribution is 6.30. The van der Waals surface area contributed by atoms with Crippen LogP contribution in [0, 0.1) is 11.3 Å². The average Bonchev–Trinajstić information content (AvgIpc) is 3.57. The highest BCUT2D eigenvalue weighted by atomic mass is 35.5. The Hall–Kier alpha value is -2.55. The molecule has 1 saturated carbocycles. The number of methoxy groups -OCH3 is 1. The van der Waals surface area contributed by atoms with Crippen LogP contribution in [0.4, 0.5) is 0 Å². The van der Waals surface area contributed by atoms with Gasteiger partial charge >= 0.3 is 0 Å². The second-order valence-electron chi connectivity index (χ2n) is 7.72. The third kappa shape index (κ3) is 3.83. The average molecular weight is 410 g/mol. The fourth-order valence-electron chi connectivity index (χ4n) is 4.16. The van der Waals surface area contributed by atoms with Crippen LogP contribution in [0.1, 0.15) is 30.0 Å². The Morgan fingerprint density at radius 3 is 2.21 bits per heavy atom. The van der Waals surface area contributed by atoms with E-state index in [1.54, 1.807) is 7.11 Å². The molecule has 1 aliphatic carbocycles. The summed E-state index contributed by atoms with van der Waals surface area (Å²) < 4.78 is 5.20. The number of carbonyl (C=O) groups is 1. The minimum Gasteiger partial charge on any atom is -0.497 e. The molecule has 1 amide bonds. The van der Waals surface area contributed by atoms with Crippen LogP contribution >= 0.6 is 11.6 Å². The van der Waals surface area contributed by atoms with Crippen molar-refractivity contribution in [1.29, 1.82) is 5.26 Å². The van der Waals surface area contributed by atoms with Gasteiger partial charge in [-0.05, 0) is 48.2 Å². The summed E-state index contributed by atoms with van der Waals surface area (Å²) in [5, 5.41) is 10.4. The Balaban J connectivity index is 1.41. The van der Waals surface area contributed by atoms with E-state index in [1.807, 2.05) is 53.4 Å². The number of rotatable bonds is 5. The van der Waals surface area contributed by atoms with Gasteiger partial charge in [0, 0.05) is 31.2 Å². The van der Waals surface area contributed by atoms with E-state index in [2.05, 4.69) is 11.0 Å². The summed E-state index contributed by atoms with van der Waals surface area (Å²) in [5.74, 6) is 0.982. The van der Waals surface area contributed by atoms with Crippen LogP contribution in [-0.2, 0) is 10.2 Å².